The molecule has 1 aliphatic heterocycles. The molecule has 0 saturated carbocycles. The molecule has 1 fully saturated rings. The molecule has 128 valence electrons. The van der Waals surface area contributed by atoms with Gasteiger partial charge in [0.2, 0.25) is 0 Å². The number of fused-ring (bicyclic) bond motifs is 1. The highest BCUT2D eigenvalue weighted by Crippen LogP contribution is 2.28. The second-order valence-corrected chi connectivity index (χ2v) is 5.29. The molecule has 0 radical (unpaired) electrons. The molecule has 1 saturated heterocycles. The molecule has 0 bridgehead atoms. The summed E-state index contributed by atoms with van der Waals surface area (Å²) < 4.78 is 15.1. The molecule has 0 spiro atoms. The minimum absolute atomic E-state index is 0.0999. The number of hydrogen-bond acceptors (Lipinski definition) is 8. The van der Waals surface area contributed by atoms with Gasteiger partial charge in [0.05, 0.1) is 31.5 Å². The van der Waals surface area contributed by atoms with E-state index in [4.69, 9.17) is 14.2 Å². The van der Waals surface area contributed by atoms with Gasteiger partial charge in [0.25, 0.3) is 0 Å². The lowest BCUT2D eigenvalue weighted by Gasteiger charge is -2.27. The van der Waals surface area contributed by atoms with Crippen molar-refractivity contribution in [3.8, 4) is 5.75 Å². The van der Waals surface area contributed by atoms with Gasteiger partial charge in [0, 0.05) is 25.6 Å². The smallest absolute Gasteiger partial charge is 0.360 e. The van der Waals surface area contributed by atoms with Gasteiger partial charge in [-0.25, -0.2) is 14.8 Å². The molecule has 0 aliphatic carbocycles. The van der Waals surface area contributed by atoms with Crippen LogP contribution in [-0.4, -0.2) is 67.7 Å². The maximum absolute atomic E-state index is 12.0. The third-order valence-electron chi connectivity index (χ3n) is 3.75. The third kappa shape index (κ3) is 3.39. The van der Waals surface area contributed by atoms with E-state index in [1.807, 2.05) is 6.07 Å². The van der Waals surface area contributed by atoms with E-state index >= 15 is 0 Å². The average molecular weight is 333 g/mol. The maximum atomic E-state index is 12.0. The molecule has 8 heteroatoms. The quantitative estimate of drug-likeness (QED) is 0.639. The molecule has 1 aliphatic rings. The van der Waals surface area contributed by atoms with Crippen molar-refractivity contribution < 1.29 is 24.1 Å². The summed E-state index contributed by atoms with van der Waals surface area (Å²) in [7, 11) is 1.51. The average Bonchev–Trinajstić information content (AvgIpc) is 2.62. The van der Waals surface area contributed by atoms with Crippen LogP contribution in [0.2, 0.25) is 0 Å². The van der Waals surface area contributed by atoms with Crippen molar-refractivity contribution in [3.63, 3.8) is 0 Å². The predicted molar refractivity (Wildman–Crippen MR) is 86.4 cm³/mol. The Morgan fingerprint density at radius 2 is 2.12 bits per heavy atom. The molecule has 0 amide bonds. The first kappa shape index (κ1) is 16.4. The Bertz CT molecular complexity index is 731. The third-order valence-corrected chi connectivity index (χ3v) is 3.75. The summed E-state index contributed by atoms with van der Waals surface area (Å²) in [6.07, 6.45) is 1.46. The van der Waals surface area contributed by atoms with Crippen molar-refractivity contribution in [1.82, 2.24) is 9.97 Å². The normalized spacial score (nSPS) is 14.8. The number of esters is 1. The topological polar surface area (TPSA) is 94.0 Å². The van der Waals surface area contributed by atoms with Gasteiger partial charge in [0.15, 0.2) is 11.4 Å². The van der Waals surface area contributed by atoms with Gasteiger partial charge in [-0.3, -0.25) is 0 Å². The molecule has 0 aromatic carbocycles. The molecule has 0 unspecified atom stereocenters. The van der Waals surface area contributed by atoms with E-state index in [0.29, 0.717) is 24.1 Å². The van der Waals surface area contributed by atoms with Crippen LogP contribution in [0.25, 0.3) is 10.9 Å². The van der Waals surface area contributed by atoms with Gasteiger partial charge in [-0.05, 0) is 12.1 Å². The zero-order valence-corrected chi connectivity index (χ0v) is 13.4. The van der Waals surface area contributed by atoms with E-state index in [9.17, 15) is 9.90 Å². The molecule has 2 aromatic heterocycles. The minimum atomic E-state index is -0.691. The number of anilines is 1. The Kier molecular flexibility index (Phi) is 5.07. The van der Waals surface area contributed by atoms with Gasteiger partial charge < -0.3 is 24.2 Å². The Hall–Kier alpha value is -2.45. The van der Waals surface area contributed by atoms with Crippen molar-refractivity contribution in [2.75, 3.05) is 51.5 Å². The van der Waals surface area contributed by atoms with Crippen molar-refractivity contribution >= 4 is 22.7 Å². The Morgan fingerprint density at radius 3 is 2.88 bits per heavy atom. The summed E-state index contributed by atoms with van der Waals surface area (Å²) in [6, 6.07) is 3.55. The lowest BCUT2D eigenvalue weighted by atomic mass is 10.2. The van der Waals surface area contributed by atoms with Gasteiger partial charge in [-0.15, -0.1) is 0 Å². The van der Waals surface area contributed by atoms with Crippen LogP contribution in [0.3, 0.4) is 0 Å². The highest BCUT2D eigenvalue weighted by Gasteiger charge is 2.19. The summed E-state index contributed by atoms with van der Waals surface area (Å²) in [6.45, 7) is 3.24. The van der Waals surface area contributed by atoms with Crippen LogP contribution in [0.15, 0.2) is 18.3 Å². The van der Waals surface area contributed by atoms with Crippen LogP contribution in [0, 0.1) is 0 Å². The maximum Gasteiger partial charge on any atom is 0.360 e. The Morgan fingerprint density at radius 1 is 1.33 bits per heavy atom. The highest BCUT2D eigenvalue weighted by atomic mass is 16.6. The number of nitrogens with zero attached hydrogens (tertiary/aromatic N) is 3. The fourth-order valence-corrected chi connectivity index (χ4v) is 2.48. The van der Waals surface area contributed by atoms with Crippen molar-refractivity contribution in [2.45, 2.75) is 0 Å². The summed E-state index contributed by atoms with van der Waals surface area (Å²) >= 11 is 0. The first-order chi connectivity index (χ1) is 11.7. The highest BCUT2D eigenvalue weighted by molar-refractivity contribution is 5.98. The molecule has 0 atom stereocenters. The van der Waals surface area contributed by atoms with E-state index in [1.54, 1.807) is 6.07 Å². The number of aromatic hydroxyl groups is 1. The Balaban J connectivity index is 1.85. The van der Waals surface area contributed by atoms with Crippen LogP contribution in [-0.2, 0) is 14.2 Å². The van der Waals surface area contributed by atoms with Gasteiger partial charge in [-0.2, -0.15) is 0 Å². The van der Waals surface area contributed by atoms with Crippen LogP contribution in [0.1, 0.15) is 10.5 Å². The molecular formula is C16H19N3O5. The number of hydrogen-bond donors (Lipinski definition) is 1. The number of morpholine rings is 1. The fourth-order valence-electron chi connectivity index (χ4n) is 2.48. The molecule has 8 nitrogen and oxygen atoms in total. The molecule has 1 N–H and O–H groups in total. The number of pyridine rings is 2. The van der Waals surface area contributed by atoms with Crippen molar-refractivity contribution in [2.24, 2.45) is 0 Å². The number of carbonyl (C=O) groups excluding carboxylic acids is 1. The first-order valence-corrected chi connectivity index (χ1v) is 7.68. The minimum Gasteiger partial charge on any atom is -0.505 e. The van der Waals surface area contributed by atoms with E-state index in [-0.39, 0.29) is 24.7 Å². The van der Waals surface area contributed by atoms with Crippen molar-refractivity contribution in [1.29, 1.82) is 0 Å². The van der Waals surface area contributed by atoms with E-state index in [1.165, 1.54) is 13.3 Å². The first-order valence-electron chi connectivity index (χ1n) is 7.68. The molecular weight excluding hydrogens is 314 g/mol. The number of rotatable bonds is 5. The zero-order chi connectivity index (χ0) is 16.9. The number of aromatic nitrogens is 2. The lowest BCUT2D eigenvalue weighted by molar-refractivity contribution is 0.0378. The fraction of sp³-hybridized carbons (Fsp3) is 0.438. The molecule has 3 rings (SSSR count). The predicted octanol–water partition coefficient (Wildman–Crippen LogP) is 0.975. The number of methoxy groups -OCH3 is 1. The monoisotopic (exact) mass is 333 g/mol. The Labute approximate surface area is 139 Å². The molecule has 2 aromatic rings. The van der Waals surface area contributed by atoms with Crippen LogP contribution >= 0.6 is 0 Å². The van der Waals surface area contributed by atoms with Crippen LogP contribution in [0.5, 0.6) is 5.75 Å². The largest absolute Gasteiger partial charge is 0.505 e. The lowest BCUT2D eigenvalue weighted by Crippen LogP contribution is -2.36. The zero-order valence-electron chi connectivity index (χ0n) is 13.4. The molecule has 3 heterocycles. The van der Waals surface area contributed by atoms with Crippen LogP contribution < -0.4 is 4.90 Å². The molecule has 24 heavy (non-hydrogen) atoms. The number of ether oxygens (including phenoxy) is 3. The second kappa shape index (κ2) is 7.41. The standard InChI is InChI=1S/C16H19N3O5/c1-22-8-9-24-16(21)14-15(20)11-2-3-13(18-12(11)10-17-14)19-4-6-23-7-5-19/h2-3,10,20H,4-9H2,1H3. The SMILES string of the molecule is COCCOC(=O)c1ncc2nc(N3CCOCC3)ccc2c1O. The number of carbonyl (C=O) groups is 1. The van der Waals surface area contributed by atoms with E-state index < -0.39 is 5.97 Å². The van der Waals surface area contributed by atoms with E-state index in [0.717, 1.165) is 18.9 Å². The van der Waals surface area contributed by atoms with Gasteiger partial charge in [-0.1, -0.05) is 0 Å². The van der Waals surface area contributed by atoms with Crippen LogP contribution in [0.4, 0.5) is 5.82 Å². The second-order valence-electron chi connectivity index (χ2n) is 5.29. The van der Waals surface area contributed by atoms with Crippen molar-refractivity contribution in [3.05, 3.63) is 24.0 Å². The summed E-state index contributed by atoms with van der Waals surface area (Å²) in [5.74, 6) is -0.123. The summed E-state index contributed by atoms with van der Waals surface area (Å²) in [5, 5.41) is 10.8. The van der Waals surface area contributed by atoms with E-state index in [2.05, 4.69) is 14.9 Å². The summed E-state index contributed by atoms with van der Waals surface area (Å²) in [5.41, 5.74) is 0.393. The van der Waals surface area contributed by atoms with Gasteiger partial charge >= 0.3 is 5.97 Å². The van der Waals surface area contributed by atoms with Gasteiger partial charge in [0.1, 0.15) is 12.4 Å². The summed E-state index contributed by atoms with van der Waals surface area (Å²) in [4.78, 5) is 22.6.